The average molecular weight is 560 g/mol. The fourth-order valence-electron chi connectivity index (χ4n) is 5.66. The van der Waals surface area contributed by atoms with Gasteiger partial charge in [-0.3, -0.25) is 24.6 Å². The monoisotopic (exact) mass is 559 g/mol. The zero-order valence-electron chi connectivity index (χ0n) is 22.8. The van der Waals surface area contributed by atoms with E-state index in [2.05, 4.69) is 22.3 Å². The van der Waals surface area contributed by atoms with Gasteiger partial charge in [-0.15, -0.1) is 0 Å². The Bertz CT molecular complexity index is 1350. The Balaban J connectivity index is 1.41. The number of likely N-dealkylation sites (tertiary alicyclic amines) is 1. The minimum absolute atomic E-state index is 0.0307. The lowest BCUT2D eigenvalue weighted by Crippen LogP contribution is -2.53. The summed E-state index contributed by atoms with van der Waals surface area (Å²) in [5.41, 5.74) is 2.46. The Morgan fingerprint density at radius 1 is 0.951 bits per heavy atom. The normalized spacial score (nSPS) is 19.0. The molecular formula is C31H34FN5O4. The van der Waals surface area contributed by atoms with Gasteiger partial charge in [0.05, 0.1) is 4.92 Å². The van der Waals surface area contributed by atoms with Crippen molar-refractivity contribution in [3.8, 4) is 0 Å². The van der Waals surface area contributed by atoms with Crippen LogP contribution in [-0.2, 0) is 17.8 Å². The van der Waals surface area contributed by atoms with Crippen molar-refractivity contribution in [1.82, 2.24) is 20.0 Å². The van der Waals surface area contributed by atoms with E-state index < -0.39 is 16.8 Å². The third-order valence-electron chi connectivity index (χ3n) is 7.92. The summed E-state index contributed by atoms with van der Waals surface area (Å²) in [4.78, 5) is 44.0. The first kappa shape index (κ1) is 28.4. The maximum atomic E-state index is 13.8. The number of nitrogens with zero attached hydrogens (tertiary/aromatic N) is 4. The molecule has 0 saturated carbocycles. The number of hydrogen-bond donors (Lipinski definition) is 1. The summed E-state index contributed by atoms with van der Waals surface area (Å²) < 4.78 is 13.6. The van der Waals surface area contributed by atoms with Crippen LogP contribution in [0, 0.1) is 15.9 Å². The van der Waals surface area contributed by atoms with E-state index in [0.29, 0.717) is 57.8 Å². The Morgan fingerprint density at radius 2 is 1.63 bits per heavy atom. The summed E-state index contributed by atoms with van der Waals surface area (Å²) >= 11 is 0. The van der Waals surface area contributed by atoms with Crippen molar-refractivity contribution in [1.29, 1.82) is 0 Å². The molecule has 9 nitrogen and oxygen atoms in total. The minimum Gasteiger partial charge on any atom is -0.338 e. The molecule has 2 amide bonds. The van der Waals surface area contributed by atoms with Crippen molar-refractivity contribution in [2.24, 2.45) is 0 Å². The van der Waals surface area contributed by atoms with E-state index in [9.17, 15) is 24.1 Å². The molecule has 1 N–H and O–H groups in total. The molecule has 0 bridgehead atoms. The summed E-state index contributed by atoms with van der Waals surface area (Å²) in [5, 5.41) is 14.4. The fourth-order valence-corrected chi connectivity index (χ4v) is 5.66. The zero-order chi connectivity index (χ0) is 28.8. The number of piperazine rings is 1. The van der Waals surface area contributed by atoms with E-state index in [1.54, 1.807) is 17.0 Å². The average Bonchev–Trinajstić information content (AvgIpc) is 3.45. The molecule has 2 aliphatic rings. The van der Waals surface area contributed by atoms with E-state index in [-0.39, 0.29) is 23.5 Å². The molecule has 2 heterocycles. The van der Waals surface area contributed by atoms with E-state index in [0.717, 1.165) is 12.0 Å². The summed E-state index contributed by atoms with van der Waals surface area (Å²) in [7, 11) is 0. The van der Waals surface area contributed by atoms with E-state index in [1.807, 2.05) is 23.1 Å². The lowest BCUT2D eigenvalue weighted by atomic mass is 10.1. The Kier molecular flexibility index (Phi) is 9.01. The molecular weight excluding hydrogens is 525 g/mol. The number of nitro benzene ring substituents is 1. The second kappa shape index (κ2) is 13.0. The number of benzene rings is 3. The molecule has 2 atom stereocenters. The first-order valence-electron chi connectivity index (χ1n) is 14.0. The molecule has 0 aromatic heterocycles. The predicted octanol–water partition coefficient (Wildman–Crippen LogP) is 3.49. The number of nitro groups is 1. The predicted molar refractivity (Wildman–Crippen MR) is 153 cm³/mol. The van der Waals surface area contributed by atoms with Gasteiger partial charge >= 0.3 is 0 Å². The molecule has 10 heteroatoms. The third kappa shape index (κ3) is 6.96. The number of amides is 2. The van der Waals surface area contributed by atoms with Crippen molar-refractivity contribution < 1.29 is 18.9 Å². The van der Waals surface area contributed by atoms with Gasteiger partial charge in [-0.05, 0) is 48.2 Å². The number of carbonyl (C=O) groups excluding carboxylic acids is 2. The van der Waals surface area contributed by atoms with Gasteiger partial charge in [-0.2, -0.15) is 0 Å². The molecule has 0 spiro atoms. The largest absolute Gasteiger partial charge is 0.338 e. The minimum atomic E-state index is -0.633. The third-order valence-corrected chi connectivity index (χ3v) is 7.92. The molecule has 41 heavy (non-hydrogen) atoms. The second-order valence-electron chi connectivity index (χ2n) is 10.6. The highest BCUT2D eigenvalue weighted by molar-refractivity contribution is 5.98. The van der Waals surface area contributed by atoms with E-state index in [4.69, 9.17) is 0 Å². The molecule has 5 rings (SSSR count). The van der Waals surface area contributed by atoms with Crippen LogP contribution in [0.15, 0.2) is 78.9 Å². The van der Waals surface area contributed by atoms with Gasteiger partial charge in [0.25, 0.3) is 11.6 Å². The van der Waals surface area contributed by atoms with E-state index in [1.165, 1.54) is 42.0 Å². The van der Waals surface area contributed by atoms with Crippen LogP contribution in [0.2, 0.25) is 0 Å². The van der Waals surface area contributed by atoms with Gasteiger partial charge < -0.3 is 15.1 Å². The number of non-ortho nitro benzene ring substituents is 1. The van der Waals surface area contributed by atoms with Gasteiger partial charge in [-0.25, -0.2) is 4.39 Å². The van der Waals surface area contributed by atoms with Crippen LogP contribution in [0.4, 0.5) is 10.1 Å². The molecule has 0 aliphatic carbocycles. The molecule has 3 aromatic rings. The van der Waals surface area contributed by atoms with Gasteiger partial charge in [0, 0.05) is 69.6 Å². The van der Waals surface area contributed by atoms with Crippen LogP contribution >= 0.6 is 0 Å². The van der Waals surface area contributed by atoms with Crippen LogP contribution in [0.25, 0.3) is 0 Å². The summed E-state index contributed by atoms with van der Waals surface area (Å²) in [5.74, 6) is -0.786. The number of hydrogen-bond acceptors (Lipinski definition) is 6. The molecule has 2 aliphatic heterocycles. The van der Waals surface area contributed by atoms with E-state index >= 15 is 0 Å². The Hall–Kier alpha value is -4.15. The summed E-state index contributed by atoms with van der Waals surface area (Å²) in [6, 6.07) is 21.3. The smallest absolute Gasteiger partial charge is 0.269 e. The van der Waals surface area contributed by atoms with Gasteiger partial charge in [0.2, 0.25) is 5.91 Å². The van der Waals surface area contributed by atoms with Crippen molar-refractivity contribution in [2.45, 2.75) is 31.5 Å². The first-order valence-corrected chi connectivity index (χ1v) is 14.0. The quantitative estimate of drug-likeness (QED) is 0.318. The second-order valence-corrected chi connectivity index (χ2v) is 10.6. The van der Waals surface area contributed by atoms with Crippen molar-refractivity contribution in [3.05, 3.63) is 111 Å². The topological polar surface area (TPSA) is 99.0 Å². The highest BCUT2D eigenvalue weighted by Gasteiger charge is 2.43. The maximum Gasteiger partial charge on any atom is 0.269 e. The van der Waals surface area contributed by atoms with Crippen LogP contribution in [0.3, 0.4) is 0 Å². The summed E-state index contributed by atoms with van der Waals surface area (Å²) in [6.07, 6.45) is 1.24. The highest BCUT2D eigenvalue weighted by Crippen LogP contribution is 2.28. The van der Waals surface area contributed by atoms with Gasteiger partial charge in [0.15, 0.2) is 0 Å². The molecule has 2 unspecified atom stereocenters. The van der Waals surface area contributed by atoms with Crippen molar-refractivity contribution in [2.75, 3.05) is 39.3 Å². The number of carbonyl (C=O) groups is 2. The zero-order valence-corrected chi connectivity index (χ0v) is 22.8. The van der Waals surface area contributed by atoms with Crippen LogP contribution in [0.5, 0.6) is 0 Å². The molecule has 2 saturated heterocycles. The fraction of sp³-hybridized carbons (Fsp3) is 0.355. The maximum absolute atomic E-state index is 13.8. The summed E-state index contributed by atoms with van der Waals surface area (Å²) in [6.45, 7) is 4.12. The molecule has 3 aromatic carbocycles. The van der Waals surface area contributed by atoms with Gasteiger partial charge in [0.1, 0.15) is 11.9 Å². The SMILES string of the molecule is O=C(C1CC(N(CCc2ccccc2)Cc2ccc([N+](=O)[O-])cc2)CN1C(=O)c1ccc(F)cc1)N1CCNCC1. The van der Waals surface area contributed by atoms with Gasteiger partial charge in [-0.1, -0.05) is 42.5 Å². The number of nitrogens with one attached hydrogen (secondary N) is 1. The van der Waals surface area contributed by atoms with Crippen LogP contribution in [0.1, 0.15) is 27.9 Å². The Labute approximate surface area is 238 Å². The molecule has 2 fully saturated rings. The van der Waals surface area contributed by atoms with Crippen LogP contribution in [-0.4, -0.2) is 82.8 Å². The number of rotatable bonds is 9. The first-order chi connectivity index (χ1) is 19.9. The van der Waals surface area contributed by atoms with Crippen molar-refractivity contribution >= 4 is 17.5 Å². The lowest BCUT2D eigenvalue weighted by Gasteiger charge is -2.32. The Morgan fingerprint density at radius 3 is 2.29 bits per heavy atom. The standard InChI is InChI=1S/C31H34FN5O4/c32-26-10-8-25(9-11-26)30(38)36-22-28(20-29(36)31(39)34-18-15-33-16-19-34)35(17-14-23-4-2-1-3-5-23)21-24-6-12-27(13-7-24)37(40)41/h1-13,28-29,33H,14-22H2. The number of halogens is 1. The highest BCUT2D eigenvalue weighted by atomic mass is 19.1. The lowest BCUT2D eigenvalue weighted by molar-refractivity contribution is -0.384. The van der Waals surface area contributed by atoms with Crippen molar-refractivity contribution in [3.63, 3.8) is 0 Å². The molecule has 214 valence electrons. The molecule has 0 radical (unpaired) electrons. The van der Waals surface area contributed by atoms with Crippen LogP contribution < -0.4 is 5.32 Å².